The van der Waals surface area contributed by atoms with Crippen molar-refractivity contribution in [3.8, 4) is 34.5 Å². The van der Waals surface area contributed by atoms with Gasteiger partial charge in [-0.1, -0.05) is 116 Å². The van der Waals surface area contributed by atoms with Crippen molar-refractivity contribution >= 4 is 34.6 Å². The number of carbonyl (C=O) groups excluding carboxylic acids is 4. The van der Waals surface area contributed by atoms with Crippen molar-refractivity contribution in [2.45, 2.75) is 117 Å². The van der Waals surface area contributed by atoms with Gasteiger partial charge in [-0.25, -0.2) is 19.2 Å². The zero-order valence-electron chi connectivity index (χ0n) is 39.5. The number of carbonyl (C=O) groups is 4. The topological polar surface area (TPSA) is 124 Å². The third-order valence-electron chi connectivity index (χ3n) is 11.5. The fourth-order valence-electron chi connectivity index (χ4n) is 7.54. The average molecular weight is 921 g/mol. The predicted molar refractivity (Wildman–Crippen MR) is 266 cm³/mol. The molecule has 6 aromatic rings. The number of benzene rings is 6. The molecule has 0 radical (unpaired) electrons. The van der Waals surface area contributed by atoms with Gasteiger partial charge in [-0.15, -0.1) is 0 Å². The molecule has 0 heterocycles. The third-order valence-corrected chi connectivity index (χ3v) is 11.5. The van der Waals surface area contributed by atoms with E-state index in [9.17, 15) is 19.2 Å². The van der Waals surface area contributed by atoms with Gasteiger partial charge in [-0.2, -0.15) is 0 Å². The fourth-order valence-corrected chi connectivity index (χ4v) is 7.54. The first kappa shape index (κ1) is 50.5. The van der Waals surface area contributed by atoms with E-state index >= 15 is 0 Å². The summed E-state index contributed by atoms with van der Waals surface area (Å²) in [5, 5.41) is 1.51. The van der Waals surface area contributed by atoms with Crippen LogP contribution in [0.3, 0.4) is 0 Å². The Morgan fingerprint density at radius 1 is 0.294 bits per heavy atom. The lowest BCUT2D eigenvalue weighted by Gasteiger charge is -2.10. The van der Waals surface area contributed by atoms with Crippen LogP contribution in [0.4, 0.5) is 0 Å². The van der Waals surface area contributed by atoms with Crippen LogP contribution in [0, 0.1) is 0 Å². The second kappa shape index (κ2) is 27.6. The van der Waals surface area contributed by atoms with Crippen LogP contribution in [0.5, 0.6) is 34.5 Å². The van der Waals surface area contributed by atoms with Crippen LogP contribution in [0.15, 0.2) is 133 Å². The molecule has 0 aliphatic carbocycles. The summed E-state index contributed by atoms with van der Waals surface area (Å²) in [4.78, 5) is 51.8. The van der Waals surface area contributed by atoms with Crippen LogP contribution in [0.25, 0.3) is 10.8 Å². The number of fused-ring (bicyclic) bond motifs is 1. The molecule has 68 heavy (non-hydrogen) atoms. The smallest absolute Gasteiger partial charge is 0.343 e. The van der Waals surface area contributed by atoms with E-state index in [-0.39, 0.29) is 34.1 Å². The molecule has 356 valence electrons. The van der Waals surface area contributed by atoms with E-state index < -0.39 is 23.9 Å². The van der Waals surface area contributed by atoms with Crippen molar-refractivity contribution < 1.29 is 47.6 Å². The minimum atomic E-state index is -0.603. The number of esters is 4. The highest BCUT2D eigenvalue weighted by atomic mass is 16.5. The molecule has 0 aromatic heterocycles. The summed E-state index contributed by atoms with van der Waals surface area (Å²) in [6.45, 7) is 5.74. The Bertz CT molecular complexity index is 2320. The van der Waals surface area contributed by atoms with Crippen molar-refractivity contribution in [2.24, 2.45) is 0 Å². The van der Waals surface area contributed by atoms with Crippen LogP contribution in [-0.2, 0) is 0 Å². The minimum Gasteiger partial charge on any atom is -0.494 e. The Kier molecular flexibility index (Phi) is 20.5. The van der Waals surface area contributed by atoms with Gasteiger partial charge in [0.1, 0.15) is 34.5 Å². The number of rotatable bonds is 28. The van der Waals surface area contributed by atoms with E-state index in [0.29, 0.717) is 41.2 Å². The lowest BCUT2D eigenvalue weighted by atomic mass is 10.1. The molecule has 6 rings (SSSR count). The molecular weight excluding hydrogens is 857 g/mol. The standard InChI is InChI=1S/C58H64O10/c1-3-5-7-9-11-13-15-17-39-63-49-29-21-44(22-30-49)55(59)65-51-33-25-46(26-34-51)57(61)67-53-37-19-43-20-38-54(42-48(43)41-53)68-58(62)47-27-35-52(36-28-47)66-56(60)45-23-31-50(32-24-45)64-40-18-16-14-12-10-8-6-4-2/h19-38,41-42H,3-18,39-40H2,1-2H3. The first-order chi connectivity index (χ1) is 33.3. The summed E-state index contributed by atoms with van der Waals surface area (Å²) in [5.41, 5.74) is 1.28. The van der Waals surface area contributed by atoms with E-state index in [1.54, 1.807) is 84.9 Å². The fraction of sp³-hybridized carbons (Fsp3) is 0.345. The lowest BCUT2D eigenvalue weighted by molar-refractivity contribution is 0.0720. The van der Waals surface area contributed by atoms with Gasteiger partial charge in [0.2, 0.25) is 0 Å². The quantitative estimate of drug-likeness (QED) is 0.0267. The highest BCUT2D eigenvalue weighted by molar-refractivity contribution is 5.95. The molecule has 0 unspecified atom stereocenters. The van der Waals surface area contributed by atoms with Crippen molar-refractivity contribution in [3.63, 3.8) is 0 Å². The van der Waals surface area contributed by atoms with E-state index in [2.05, 4.69) is 13.8 Å². The van der Waals surface area contributed by atoms with E-state index in [1.165, 1.54) is 126 Å². The minimum absolute atomic E-state index is 0.259. The Hall–Kier alpha value is -6.94. The van der Waals surface area contributed by atoms with Crippen molar-refractivity contribution in [2.75, 3.05) is 13.2 Å². The summed E-state index contributed by atoms with van der Waals surface area (Å²) in [6.07, 6.45) is 19.7. The largest absolute Gasteiger partial charge is 0.494 e. The average Bonchev–Trinajstić information content (AvgIpc) is 3.36. The predicted octanol–water partition coefficient (Wildman–Crippen LogP) is 14.8. The molecule has 0 aliphatic rings. The summed E-state index contributed by atoms with van der Waals surface area (Å²) in [5.74, 6) is 0.279. The van der Waals surface area contributed by atoms with Crippen LogP contribution in [0.1, 0.15) is 158 Å². The van der Waals surface area contributed by atoms with E-state index in [4.69, 9.17) is 28.4 Å². The zero-order valence-corrected chi connectivity index (χ0v) is 39.5. The van der Waals surface area contributed by atoms with Gasteiger partial charge in [0, 0.05) is 0 Å². The normalized spacial score (nSPS) is 10.9. The molecule has 0 N–H and O–H groups in total. The summed E-state index contributed by atoms with van der Waals surface area (Å²) in [6, 6.07) is 36.2. The Morgan fingerprint density at radius 3 is 0.882 bits per heavy atom. The third kappa shape index (κ3) is 16.7. The molecule has 0 aliphatic heterocycles. The number of ether oxygens (including phenoxy) is 6. The summed E-state index contributed by atoms with van der Waals surface area (Å²) < 4.78 is 34.1. The highest BCUT2D eigenvalue weighted by Gasteiger charge is 2.15. The molecule has 0 saturated carbocycles. The Morgan fingerprint density at radius 2 is 0.559 bits per heavy atom. The molecule has 0 spiro atoms. The van der Waals surface area contributed by atoms with E-state index in [0.717, 1.165) is 31.1 Å². The molecule has 10 nitrogen and oxygen atoms in total. The number of unbranched alkanes of at least 4 members (excludes halogenated alkanes) is 14. The molecule has 0 fully saturated rings. The Labute approximate surface area is 400 Å². The van der Waals surface area contributed by atoms with Gasteiger partial charge < -0.3 is 28.4 Å². The number of hydrogen-bond acceptors (Lipinski definition) is 10. The molecule has 0 atom stereocenters. The maximum Gasteiger partial charge on any atom is 0.343 e. The maximum absolute atomic E-state index is 13.1. The second-order valence-corrected chi connectivity index (χ2v) is 17.0. The van der Waals surface area contributed by atoms with E-state index in [1.807, 2.05) is 0 Å². The van der Waals surface area contributed by atoms with Crippen LogP contribution in [-0.4, -0.2) is 37.1 Å². The van der Waals surface area contributed by atoms with Crippen LogP contribution >= 0.6 is 0 Å². The monoisotopic (exact) mass is 920 g/mol. The first-order valence-corrected chi connectivity index (χ1v) is 24.4. The van der Waals surface area contributed by atoms with Gasteiger partial charge in [-0.05, 0) is 145 Å². The summed E-state index contributed by atoms with van der Waals surface area (Å²) >= 11 is 0. The summed E-state index contributed by atoms with van der Waals surface area (Å²) in [7, 11) is 0. The van der Waals surface area contributed by atoms with Crippen LogP contribution in [0.2, 0.25) is 0 Å². The second-order valence-electron chi connectivity index (χ2n) is 17.0. The van der Waals surface area contributed by atoms with Gasteiger partial charge in [0.15, 0.2) is 0 Å². The van der Waals surface area contributed by atoms with Gasteiger partial charge in [0.05, 0.1) is 35.5 Å². The molecule has 0 bridgehead atoms. The Balaban J connectivity index is 0.916. The van der Waals surface area contributed by atoms with Crippen molar-refractivity contribution in [1.82, 2.24) is 0 Å². The highest BCUT2D eigenvalue weighted by Crippen LogP contribution is 2.27. The molecule has 10 heteroatoms. The van der Waals surface area contributed by atoms with Gasteiger partial charge >= 0.3 is 23.9 Å². The van der Waals surface area contributed by atoms with Crippen molar-refractivity contribution in [1.29, 1.82) is 0 Å². The first-order valence-electron chi connectivity index (χ1n) is 24.4. The van der Waals surface area contributed by atoms with Crippen molar-refractivity contribution in [3.05, 3.63) is 156 Å². The molecule has 6 aromatic carbocycles. The number of hydrogen-bond donors (Lipinski definition) is 0. The van der Waals surface area contributed by atoms with Gasteiger partial charge in [-0.3, -0.25) is 0 Å². The van der Waals surface area contributed by atoms with Gasteiger partial charge in [0.25, 0.3) is 0 Å². The zero-order chi connectivity index (χ0) is 47.8. The SMILES string of the molecule is CCCCCCCCCCOc1ccc(C(=O)Oc2ccc(C(=O)Oc3ccc4ccc(OC(=O)c5ccc(OC(=O)c6ccc(OCCCCCCCCCC)cc6)cc5)cc4c3)cc2)cc1. The molecule has 0 amide bonds. The molecular formula is C58H64O10. The lowest BCUT2D eigenvalue weighted by Crippen LogP contribution is -2.10. The van der Waals surface area contributed by atoms with Crippen LogP contribution < -0.4 is 28.4 Å². The molecule has 0 saturated heterocycles. The maximum atomic E-state index is 13.1.